The Morgan fingerprint density at radius 2 is 1.41 bits per heavy atom. The molecule has 0 bridgehead atoms. The van der Waals surface area contributed by atoms with Crippen molar-refractivity contribution >= 4 is 5.91 Å². The second-order valence-electron chi connectivity index (χ2n) is 6.81. The summed E-state index contributed by atoms with van der Waals surface area (Å²) in [5.41, 5.74) is -0.701. The third kappa shape index (κ3) is 4.64. The molecule has 0 N–H and O–H groups in total. The molecule has 0 aromatic carbocycles. The van der Waals surface area contributed by atoms with Crippen molar-refractivity contribution in [1.82, 2.24) is 29.6 Å². The van der Waals surface area contributed by atoms with Crippen molar-refractivity contribution in [3.63, 3.8) is 0 Å². The zero-order valence-corrected chi connectivity index (χ0v) is 16.6. The van der Waals surface area contributed by atoms with Crippen LogP contribution in [0.2, 0.25) is 0 Å². The third-order valence-corrected chi connectivity index (χ3v) is 4.58. The molecule has 0 saturated heterocycles. The molecule has 0 aliphatic rings. The molecule has 4 aromatic rings. The van der Waals surface area contributed by atoms with Gasteiger partial charge in [0.05, 0.1) is 36.2 Å². The molecular weight excluding hydrogens is 421 g/mol. The number of hydrogen-bond donors (Lipinski definition) is 0. The summed E-state index contributed by atoms with van der Waals surface area (Å²) in [6, 6.07) is 14.8. The van der Waals surface area contributed by atoms with E-state index >= 15 is 0 Å². The van der Waals surface area contributed by atoms with Gasteiger partial charge in [-0.3, -0.25) is 14.8 Å². The van der Waals surface area contributed by atoms with Crippen molar-refractivity contribution in [2.24, 2.45) is 0 Å². The number of rotatable bonds is 6. The summed E-state index contributed by atoms with van der Waals surface area (Å²) < 4.78 is 42.7. The van der Waals surface area contributed by atoms with Gasteiger partial charge in [0.2, 0.25) is 0 Å². The van der Waals surface area contributed by atoms with E-state index < -0.39 is 23.3 Å². The number of hydrogen-bond acceptors (Lipinski definition) is 5. The zero-order valence-electron chi connectivity index (χ0n) is 16.6. The first-order chi connectivity index (χ1) is 15.4. The van der Waals surface area contributed by atoms with E-state index in [2.05, 4.69) is 20.1 Å². The summed E-state index contributed by atoms with van der Waals surface area (Å²) in [7, 11) is 0. The smallest absolute Gasteiger partial charge is 0.327 e. The first-order valence-corrected chi connectivity index (χ1v) is 9.59. The van der Waals surface area contributed by atoms with Gasteiger partial charge in [-0.25, -0.2) is 9.67 Å². The predicted molar refractivity (Wildman–Crippen MR) is 108 cm³/mol. The van der Waals surface area contributed by atoms with Gasteiger partial charge in [0.25, 0.3) is 5.91 Å². The summed E-state index contributed by atoms with van der Waals surface area (Å²) >= 11 is 0. The quantitative estimate of drug-likeness (QED) is 0.456. The molecule has 162 valence electrons. The van der Waals surface area contributed by atoms with Crippen molar-refractivity contribution in [3.8, 4) is 5.82 Å². The largest absolute Gasteiger partial charge is 0.434 e. The van der Waals surface area contributed by atoms with Crippen molar-refractivity contribution in [1.29, 1.82) is 0 Å². The van der Waals surface area contributed by atoms with Gasteiger partial charge in [-0.15, -0.1) is 0 Å². The van der Waals surface area contributed by atoms with E-state index in [1.165, 1.54) is 17.2 Å². The van der Waals surface area contributed by atoms with Crippen LogP contribution in [0.4, 0.5) is 13.2 Å². The molecule has 0 fully saturated rings. The van der Waals surface area contributed by atoms with Gasteiger partial charge in [-0.05, 0) is 36.4 Å². The first kappa shape index (κ1) is 21.2. The third-order valence-electron chi connectivity index (χ3n) is 4.58. The lowest BCUT2D eigenvalue weighted by Gasteiger charge is -2.22. The lowest BCUT2D eigenvalue weighted by Crippen LogP contribution is -2.32. The Bertz CT molecular complexity index is 1140. The average molecular weight is 438 g/mol. The molecule has 0 unspecified atom stereocenters. The van der Waals surface area contributed by atoms with Crippen LogP contribution in [-0.4, -0.2) is 35.5 Å². The number of amides is 1. The zero-order chi connectivity index (χ0) is 22.6. The van der Waals surface area contributed by atoms with E-state index in [0.717, 1.165) is 6.20 Å². The Hall–Kier alpha value is -4.08. The van der Waals surface area contributed by atoms with Crippen LogP contribution in [0.3, 0.4) is 0 Å². The highest BCUT2D eigenvalue weighted by Crippen LogP contribution is 2.34. The van der Waals surface area contributed by atoms with Crippen LogP contribution in [0, 0.1) is 0 Å². The Morgan fingerprint density at radius 1 is 0.844 bits per heavy atom. The first-order valence-electron chi connectivity index (χ1n) is 9.59. The molecule has 1 amide bonds. The summed E-state index contributed by atoms with van der Waals surface area (Å²) in [5.74, 6) is -0.879. The molecule has 0 spiro atoms. The van der Waals surface area contributed by atoms with Crippen LogP contribution >= 0.6 is 0 Å². The van der Waals surface area contributed by atoms with Crippen molar-refractivity contribution in [2.45, 2.75) is 19.3 Å². The van der Waals surface area contributed by atoms with Crippen LogP contribution < -0.4 is 0 Å². The minimum atomic E-state index is -4.83. The Morgan fingerprint density at radius 3 is 1.88 bits per heavy atom. The molecule has 4 heterocycles. The van der Waals surface area contributed by atoms with E-state index in [1.54, 1.807) is 60.9 Å². The Kier molecular flexibility index (Phi) is 5.93. The van der Waals surface area contributed by atoms with Crippen LogP contribution in [0.1, 0.15) is 27.4 Å². The lowest BCUT2D eigenvalue weighted by molar-refractivity contribution is -0.143. The average Bonchev–Trinajstić information content (AvgIpc) is 3.26. The molecule has 4 rings (SSSR count). The SMILES string of the molecule is O=C(c1cnn(-c2ccccn2)c1C(F)(F)F)N(Cc1ccccn1)Cc1ccccn1. The Balaban J connectivity index is 1.75. The molecule has 32 heavy (non-hydrogen) atoms. The second kappa shape index (κ2) is 8.96. The van der Waals surface area contributed by atoms with Gasteiger partial charge in [-0.1, -0.05) is 18.2 Å². The van der Waals surface area contributed by atoms with Crippen LogP contribution in [-0.2, 0) is 19.3 Å². The molecule has 0 aliphatic carbocycles. The molecule has 0 radical (unpaired) electrons. The standard InChI is InChI=1S/C22H17F3N6O/c23-22(24,25)20-18(13-29-31(20)19-9-3-6-12-28-19)21(32)30(14-16-7-1-4-10-26-16)15-17-8-2-5-11-27-17/h1-13H,14-15H2. The summed E-state index contributed by atoms with van der Waals surface area (Å²) in [4.78, 5) is 26.9. The van der Waals surface area contributed by atoms with E-state index in [1.807, 2.05) is 0 Å². The highest BCUT2D eigenvalue weighted by atomic mass is 19.4. The summed E-state index contributed by atoms with van der Waals surface area (Å²) in [6.45, 7) is 0.00459. The number of pyridine rings is 3. The van der Waals surface area contributed by atoms with Crippen molar-refractivity contribution in [3.05, 3.63) is 102 Å². The van der Waals surface area contributed by atoms with Crippen LogP contribution in [0.5, 0.6) is 0 Å². The van der Waals surface area contributed by atoms with Gasteiger partial charge in [0.15, 0.2) is 11.5 Å². The molecule has 10 heteroatoms. The summed E-state index contributed by atoms with van der Waals surface area (Å²) in [5, 5.41) is 3.83. The molecule has 7 nitrogen and oxygen atoms in total. The maximum Gasteiger partial charge on any atom is 0.434 e. The maximum absolute atomic E-state index is 14.0. The minimum Gasteiger partial charge on any atom is -0.327 e. The fourth-order valence-corrected chi connectivity index (χ4v) is 3.17. The molecule has 0 saturated carbocycles. The molecular formula is C22H17F3N6O. The fraction of sp³-hybridized carbons (Fsp3) is 0.136. The summed E-state index contributed by atoms with van der Waals surface area (Å²) in [6.07, 6.45) is 0.551. The van der Waals surface area contributed by atoms with Crippen molar-refractivity contribution in [2.75, 3.05) is 0 Å². The van der Waals surface area contributed by atoms with Gasteiger partial charge >= 0.3 is 6.18 Å². The van der Waals surface area contributed by atoms with E-state index in [9.17, 15) is 18.0 Å². The van der Waals surface area contributed by atoms with Gasteiger partial charge < -0.3 is 4.90 Å². The fourth-order valence-electron chi connectivity index (χ4n) is 3.17. The Labute approximate surface area is 181 Å². The number of nitrogens with zero attached hydrogens (tertiary/aromatic N) is 6. The monoisotopic (exact) mass is 438 g/mol. The lowest BCUT2D eigenvalue weighted by atomic mass is 10.2. The second-order valence-corrected chi connectivity index (χ2v) is 6.81. The van der Waals surface area contributed by atoms with Gasteiger partial charge in [-0.2, -0.15) is 18.3 Å². The molecule has 0 atom stereocenters. The number of carbonyl (C=O) groups excluding carboxylic acids is 1. The number of aromatic nitrogens is 5. The van der Waals surface area contributed by atoms with E-state index in [-0.39, 0.29) is 18.9 Å². The molecule has 4 aromatic heterocycles. The highest BCUT2D eigenvalue weighted by molar-refractivity contribution is 5.95. The topological polar surface area (TPSA) is 76.8 Å². The van der Waals surface area contributed by atoms with Crippen LogP contribution in [0.25, 0.3) is 5.82 Å². The number of halogens is 3. The highest BCUT2D eigenvalue weighted by Gasteiger charge is 2.41. The van der Waals surface area contributed by atoms with Gasteiger partial charge in [0.1, 0.15) is 0 Å². The maximum atomic E-state index is 14.0. The molecule has 0 aliphatic heterocycles. The van der Waals surface area contributed by atoms with Gasteiger partial charge in [0, 0.05) is 18.6 Å². The normalized spacial score (nSPS) is 11.3. The van der Waals surface area contributed by atoms with Crippen LogP contribution in [0.15, 0.2) is 79.4 Å². The number of alkyl halides is 3. The van der Waals surface area contributed by atoms with E-state index in [4.69, 9.17) is 0 Å². The predicted octanol–water partition coefficient (Wildman–Crippen LogP) is 3.92. The van der Waals surface area contributed by atoms with E-state index in [0.29, 0.717) is 16.1 Å². The number of carbonyl (C=O) groups is 1. The van der Waals surface area contributed by atoms with Crippen molar-refractivity contribution < 1.29 is 18.0 Å². The minimum absolute atomic E-state index is 0.00229.